The van der Waals surface area contributed by atoms with Gasteiger partial charge < -0.3 is 10.9 Å². The fraction of sp³-hybridized carbons (Fsp3) is 0.800. The molecule has 0 bridgehead atoms. The standard InChI is InChI=1S/C10H14N4/c1-9-5-3-7-10(9,2)8(14-13-7)4-6(9)12-11-5/h5,8,11,14H,3-4H2,1-2H3/t5-,8-,9+,10-/m1/s1. The molecule has 2 aliphatic heterocycles. The summed E-state index contributed by atoms with van der Waals surface area (Å²) in [5, 5.41) is 8.98. The van der Waals surface area contributed by atoms with Gasteiger partial charge >= 0.3 is 0 Å². The third-order valence-corrected chi connectivity index (χ3v) is 5.18. The lowest BCUT2D eigenvalue weighted by molar-refractivity contribution is 0.214. The van der Waals surface area contributed by atoms with Crippen molar-refractivity contribution < 1.29 is 0 Å². The van der Waals surface area contributed by atoms with Crippen molar-refractivity contribution in [2.45, 2.75) is 38.8 Å². The topological polar surface area (TPSA) is 48.8 Å². The van der Waals surface area contributed by atoms with Crippen molar-refractivity contribution in [3.05, 3.63) is 0 Å². The zero-order valence-corrected chi connectivity index (χ0v) is 8.46. The van der Waals surface area contributed by atoms with Crippen molar-refractivity contribution in [3.63, 3.8) is 0 Å². The molecule has 0 unspecified atom stereocenters. The summed E-state index contributed by atoms with van der Waals surface area (Å²) in [6, 6.07) is 0.988. The lowest BCUT2D eigenvalue weighted by atomic mass is 9.67. The molecule has 2 N–H and O–H groups in total. The molecule has 4 heteroatoms. The predicted octanol–water partition coefficient (Wildman–Crippen LogP) is 0.462. The van der Waals surface area contributed by atoms with Gasteiger partial charge in [-0.15, -0.1) is 0 Å². The van der Waals surface area contributed by atoms with Crippen molar-refractivity contribution in [1.29, 1.82) is 0 Å². The SMILES string of the molecule is C[C@@]12C3=NN[C@@H]1CC1=NN[C@H](C3)[C@@]12C. The molecule has 0 spiro atoms. The lowest BCUT2D eigenvalue weighted by Crippen LogP contribution is -2.45. The lowest BCUT2D eigenvalue weighted by Gasteiger charge is -2.34. The Morgan fingerprint density at radius 3 is 1.86 bits per heavy atom. The Morgan fingerprint density at radius 1 is 1.00 bits per heavy atom. The van der Waals surface area contributed by atoms with E-state index in [0.29, 0.717) is 12.1 Å². The monoisotopic (exact) mass is 190 g/mol. The average molecular weight is 190 g/mol. The highest BCUT2D eigenvalue weighted by atomic mass is 15.4. The highest BCUT2D eigenvalue weighted by Gasteiger charge is 2.72. The summed E-state index contributed by atoms with van der Waals surface area (Å²) < 4.78 is 0. The van der Waals surface area contributed by atoms with Crippen LogP contribution in [0.1, 0.15) is 26.7 Å². The number of nitrogens with one attached hydrogen (secondary N) is 2. The maximum Gasteiger partial charge on any atom is 0.0609 e. The van der Waals surface area contributed by atoms with Gasteiger partial charge in [0.25, 0.3) is 0 Å². The van der Waals surface area contributed by atoms with Crippen LogP contribution in [0.2, 0.25) is 0 Å². The van der Waals surface area contributed by atoms with Crippen LogP contribution in [0.5, 0.6) is 0 Å². The van der Waals surface area contributed by atoms with E-state index in [1.54, 1.807) is 0 Å². The van der Waals surface area contributed by atoms with E-state index in [9.17, 15) is 0 Å². The van der Waals surface area contributed by atoms with Gasteiger partial charge in [0, 0.05) is 35.1 Å². The fourth-order valence-corrected chi connectivity index (χ4v) is 3.93. The first-order valence-electron chi connectivity index (χ1n) is 5.32. The van der Waals surface area contributed by atoms with E-state index in [4.69, 9.17) is 0 Å². The van der Waals surface area contributed by atoms with Crippen LogP contribution < -0.4 is 10.9 Å². The van der Waals surface area contributed by atoms with Crippen LogP contribution in [0.3, 0.4) is 0 Å². The summed E-state index contributed by atoms with van der Waals surface area (Å²) in [6.45, 7) is 4.71. The van der Waals surface area contributed by atoms with Gasteiger partial charge in [0.05, 0.1) is 12.1 Å². The average Bonchev–Trinajstić information content (AvgIpc) is 2.78. The van der Waals surface area contributed by atoms with Crippen molar-refractivity contribution in [1.82, 2.24) is 10.9 Å². The van der Waals surface area contributed by atoms with Gasteiger partial charge in [0.2, 0.25) is 0 Å². The third kappa shape index (κ3) is 0.433. The predicted molar refractivity (Wildman–Crippen MR) is 54.2 cm³/mol. The first-order chi connectivity index (χ1) is 6.67. The van der Waals surface area contributed by atoms with Crippen molar-refractivity contribution in [2.75, 3.05) is 0 Å². The summed E-state index contributed by atoms with van der Waals surface area (Å²) in [7, 11) is 0. The van der Waals surface area contributed by atoms with E-state index in [0.717, 1.165) is 12.8 Å². The first kappa shape index (κ1) is 7.26. The number of hydrogen-bond acceptors (Lipinski definition) is 4. The number of hydrogen-bond donors (Lipinski definition) is 2. The van der Waals surface area contributed by atoms with Crippen LogP contribution in [0.25, 0.3) is 0 Å². The molecule has 4 nitrogen and oxygen atoms in total. The maximum absolute atomic E-state index is 4.49. The van der Waals surface area contributed by atoms with Crippen LogP contribution in [0.4, 0.5) is 0 Å². The quantitative estimate of drug-likeness (QED) is 0.583. The first-order valence-corrected chi connectivity index (χ1v) is 5.32. The zero-order chi connectivity index (χ0) is 9.55. The second kappa shape index (κ2) is 1.71. The summed E-state index contributed by atoms with van der Waals surface area (Å²) in [4.78, 5) is 0. The third-order valence-electron chi connectivity index (χ3n) is 5.18. The molecule has 4 rings (SSSR count). The molecule has 0 saturated heterocycles. The summed E-state index contributed by atoms with van der Waals surface area (Å²) in [6.07, 6.45) is 2.12. The molecule has 0 aromatic rings. The van der Waals surface area contributed by atoms with Crippen LogP contribution >= 0.6 is 0 Å². The molecule has 4 atom stereocenters. The zero-order valence-electron chi connectivity index (χ0n) is 8.46. The molecule has 0 radical (unpaired) electrons. The molecule has 14 heavy (non-hydrogen) atoms. The van der Waals surface area contributed by atoms with Crippen LogP contribution in [-0.4, -0.2) is 23.5 Å². The minimum atomic E-state index is 0.222. The van der Waals surface area contributed by atoms with Gasteiger partial charge in [0.1, 0.15) is 0 Å². The maximum atomic E-state index is 4.49. The van der Waals surface area contributed by atoms with E-state index >= 15 is 0 Å². The second-order valence-corrected chi connectivity index (χ2v) is 5.29. The Kier molecular flexibility index (Phi) is 0.885. The summed E-state index contributed by atoms with van der Waals surface area (Å²) in [5.41, 5.74) is 9.71. The van der Waals surface area contributed by atoms with Crippen LogP contribution in [0.15, 0.2) is 10.2 Å². The largest absolute Gasteiger partial charge is 0.306 e. The van der Waals surface area contributed by atoms with E-state index in [1.807, 2.05) is 0 Å². The minimum Gasteiger partial charge on any atom is -0.306 e. The number of rotatable bonds is 0. The molecule has 0 aromatic carbocycles. The molecule has 74 valence electrons. The summed E-state index contributed by atoms with van der Waals surface area (Å²) in [5.74, 6) is 0. The van der Waals surface area contributed by atoms with Crippen molar-refractivity contribution >= 4 is 11.4 Å². The van der Waals surface area contributed by atoms with Gasteiger partial charge in [-0.2, -0.15) is 10.2 Å². The Bertz CT molecular complexity index is 361. The van der Waals surface area contributed by atoms with Gasteiger partial charge in [-0.3, -0.25) is 0 Å². The Morgan fingerprint density at radius 2 is 1.43 bits per heavy atom. The molecule has 4 aliphatic rings. The number of hydrazone groups is 2. The van der Waals surface area contributed by atoms with Crippen LogP contribution in [-0.2, 0) is 0 Å². The molecule has 2 aliphatic carbocycles. The highest BCUT2D eigenvalue weighted by Crippen LogP contribution is 2.62. The second-order valence-electron chi connectivity index (χ2n) is 5.29. The van der Waals surface area contributed by atoms with Crippen molar-refractivity contribution in [2.24, 2.45) is 21.0 Å². The number of nitrogens with zero attached hydrogens (tertiary/aromatic N) is 2. The van der Waals surface area contributed by atoms with Gasteiger partial charge in [0.15, 0.2) is 0 Å². The molecule has 2 saturated carbocycles. The molecular weight excluding hydrogens is 176 g/mol. The van der Waals surface area contributed by atoms with Gasteiger partial charge in [-0.05, 0) is 0 Å². The Hall–Kier alpha value is -1.06. The van der Waals surface area contributed by atoms with E-state index in [1.165, 1.54) is 11.4 Å². The van der Waals surface area contributed by atoms with E-state index < -0.39 is 0 Å². The molecule has 2 heterocycles. The smallest absolute Gasteiger partial charge is 0.0609 e. The molecular formula is C10H14N4. The molecule has 2 fully saturated rings. The van der Waals surface area contributed by atoms with Crippen LogP contribution in [0, 0.1) is 10.8 Å². The van der Waals surface area contributed by atoms with Crippen molar-refractivity contribution in [3.8, 4) is 0 Å². The van der Waals surface area contributed by atoms with Gasteiger partial charge in [-0.25, -0.2) is 0 Å². The molecule has 0 aromatic heterocycles. The minimum absolute atomic E-state index is 0.222. The Balaban J connectivity index is 2.05. The Labute approximate surface area is 82.8 Å². The summed E-state index contributed by atoms with van der Waals surface area (Å²) >= 11 is 0. The molecule has 0 amide bonds. The fourth-order valence-electron chi connectivity index (χ4n) is 3.93. The van der Waals surface area contributed by atoms with Gasteiger partial charge in [-0.1, -0.05) is 13.8 Å². The highest BCUT2D eigenvalue weighted by molar-refractivity contribution is 6.10. The normalized spacial score (nSPS) is 56.4. The van der Waals surface area contributed by atoms with E-state index in [2.05, 4.69) is 34.9 Å². The van der Waals surface area contributed by atoms with E-state index in [-0.39, 0.29) is 10.8 Å².